The number of benzene rings is 1. The monoisotopic (exact) mass is 274 g/mol. The lowest BCUT2D eigenvalue weighted by Gasteiger charge is -2.07. The van der Waals surface area contributed by atoms with Gasteiger partial charge in [-0.15, -0.1) is 10.2 Å². The molecule has 106 valence electrons. The first-order chi connectivity index (χ1) is 9.65. The number of nitrogens with zero attached hydrogens (tertiary/aromatic N) is 2. The maximum atomic E-state index is 11.7. The third kappa shape index (κ3) is 4.17. The van der Waals surface area contributed by atoms with E-state index in [1.807, 2.05) is 31.2 Å². The fraction of sp³-hybridized carbons (Fsp3) is 0.357. The molecule has 0 radical (unpaired) electrons. The third-order valence-electron chi connectivity index (χ3n) is 2.84. The van der Waals surface area contributed by atoms with Crippen LogP contribution in [0.1, 0.15) is 26.2 Å². The van der Waals surface area contributed by atoms with E-state index in [-0.39, 0.29) is 11.9 Å². The molecule has 0 aliphatic heterocycles. The fourth-order valence-electron chi connectivity index (χ4n) is 1.80. The summed E-state index contributed by atoms with van der Waals surface area (Å²) in [6, 6.07) is 7.40. The van der Waals surface area contributed by atoms with E-state index in [2.05, 4.69) is 15.5 Å². The van der Waals surface area contributed by atoms with E-state index in [0.717, 1.165) is 24.1 Å². The molecule has 0 saturated heterocycles. The lowest BCUT2D eigenvalue weighted by Crippen LogP contribution is -2.16. The summed E-state index contributed by atoms with van der Waals surface area (Å²) in [5.41, 5.74) is 7.21. The minimum Gasteiger partial charge on any atom is -0.423 e. The van der Waals surface area contributed by atoms with Crippen molar-refractivity contribution in [3.05, 3.63) is 30.7 Å². The molecule has 6 nitrogen and oxygen atoms in total. The standard InChI is InChI=1S/C14H18N4O2/c1-10(15)3-2-4-13(19)17-12-7-5-11(6-8-12)14-18-16-9-20-14/h5-10H,2-4,15H2,1H3,(H,17,19). The number of nitrogens with one attached hydrogen (secondary N) is 1. The molecule has 2 rings (SSSR count). The first kappa shape index (κ1) is 14.2. The lowest BCUT2D eigenvalue weighted by atomic mass is 10.1. The Kier molecular flexibility index (Phi) is 4.84. The van der Waals surface area contributed by atoms with Gasteiger partial charge in [-0.2, -0.15) is 0 Å². The summed E-state index contributed by atoms with van der Waals surface area (Å²) in [5.74, 6) is 0.455. The second-order valence-electron chi connectivity index (χ2n) is 4.74. The van der Waals surface area contributed by atoms with Crippen molar-refractivity contribution in [1.82, 2.24) is 10.2 Å². The second kappa shape index (κ2) is 6.81. The van der Waals surface area contributed by atoms with Crippen LogP contribution in [-0.2, 0) is 4.79 Å². The molecule has 1 unspecified atom stereocenters. The normalized spacial score (nSPS) is 12.1. The quantitative estimate of drug-likeness (QED) is 0.842. The Morgan fingerprint density at radius 2 is 2.15 bits per heavy atom. The molecule has 0 bridgehead atoms. The molecule has 0 aliphatic rings. The highest BCUT2D eigenvalue weighted by Gasteiger charge is 2.06. The Bertz CT molecular complexity index is 535. The summed E-state index contributed by atoms with van der Waals surface area (Å²) >= 11 is 0. The number of carbonyl (C=O) groups is 1. The molecule has 2 aromatic rings. The van der Waals surface area contributed by atoms with E-state index in [1.54, 1.807) is 0 Å². The van der Waals surface area contributed by atoms with Crippen LogP contribution in [0.5, 0.6) is 0 Å². The van der Waals surface area contributed by atoms with E-state index >= 15 is 0 Å². The molecule has 1 aromatic carbocycles. The number of carbonyl (C=O) groups excluding carboxylic acids is 1. The zero-order valence-electron chi connectivity index (χ0n) is 11.4. The Morgan fingerprint density at radius 1 is 1.40 bits per heavy atom. The van der Waals surface area contributed by atoms with Gasteiger partial charge in [0.2, 0.25) is 18.2 Å². The smallest absolute Gasteiger partial charge is 0.247 e. The lowest BCUT2D eigenvalue weighted by molar-refractivity contribution is -0.116. The molecule has 0 aliphatic carbocycles. The molecule has 1 heterocycles. The number of rotatable bonds is 6. The van der Waals surface area contributed by atoms with Crippen LogP contribution in [0.4, 0.5) is 5.69 Å². The summed E-state index contributed by atoms with van der Waals surface area (Å²) in [4.78, 5) is 11.7. The number of amides is 1. The van der Waals surface area contributed by atoms with Gasteiger partial charge in [-0.3, -0.25) is 4.79 Å². The Hall–Kier alpha value is -2.21. The van der Waals surface area contributed by atoms with Crippen molar-refractivity contribution in [2.24, 2.45) is 5.73 Å². The predicted molar refractivity (Wildman–Crippen MR) is 75.9 cm³/mol. The van der Waals surface area contributed by atoms with Gasteiger partial charge in [-0.1, -0.05) is 0 Å². The van der Waals surface area contributed by atoms with Gasteiger partial charge < -0.3 is 15.5 Å². The van der Waals surface area contributed by atoms with Crippen molar-refractivity contribution in [2.75, 3.05) is 5.32 Å². The van der Waals surface area contributed by atoms with Gasteiger partial charge in [0, 0.05) is 23.7 Å². The molecule has 3 N–H and O–H groups in total. The number of hydrogen-bond acceptors (Lipinski definition) is 5. The summed E-state index contributed by atoms with van der Waals surface area (Å²) in [5, 5.41) is 10.3. The van der Waals surface area contributed by atoms with Crippen LogP contribution >= 0.6 is 0 Å². The summed E-state index contributed by atoms with van der Waals surface area (Å²) in [6.07, 6.45) is 3.41. The zero-order valence-corrected chi connectivity index (χ0v) is 11.4. The average molecular weight is 274 g/mol. The topological polar surface area (TPSA) is 94.0 Å². The highest BCUT2D eigenvalue weighted by atomic mass is 16.4. The predicted octanol–water partition coefficient (Wildman–Crippen LogP) is 2.19. The first-order valence-electron chi connectivity index (χ1n) is 6.57. The van der Waals surface area contributed by atoms with Crippen LogP contribution in [0.15, 0.2) is 35.1 Å². The van der Waals surface area contributed by atoms with E-state index in [4.69, 9.17) is 10.2 Å². The fourth-order valence-corrected chi connectivity index (χ4v) is 1.80. The third-order valence-corrected chi connectivity index (χ3v) is 2.84. The van der Waals surface area contributed by atoms with Crippen LogP contribution in [-0.4, -0.2) is 22.1 Å². The molecular formula is C14H18N4O2. The minimum absolute atomic E-state index is 0.00353. The zero-order chi connectivity index (χ0) is 14.4. The van der Waals surface area contributed by atoms with Crippen molar-refractivity contribution in [2.45, 2.75) is 32.2 Å². The van der Waals surface area contributed by atoms with Crippen LogP contribution in [0, 0.1) is 0 Å². The molecule has 1 amide bonds. The number of anilines is 1. The highest BCUT2D eigenvalue weighted by molar-refractivity contribution is 5.90. The molecule has 0 fully saturated rings. The van der Waals surface area contributed by atoms with E-state index in [9.17, 15) is 4.79 Å². The Morgan fingerprint density at radius 3 is 2.75 bits per heavy atom. The van der Waals surface area contributed by atoms with Crippen molar-refractivity contribution >= 4 is 11.6 Å². The van der Waals surface area contributed by atoms with Crippen molar-refractivity contribution in [1.29, 1.82) is 0 Å². The molecule has 0 saturated carbocycles. The van der Waals surface area contributed by atoms with E-state index in [0.29, 0.717) is 12.3 Å². The average Bonchev–Trinajstić information content (AvgIpc) is 2.93. The largest absolute Gasteiger partial charge is 0.423 e. The van der Waals surface area contributed by atoms with Crippen LogP contribution in [0.2, 0.25) is 0 Å². The first-order valence-corrected chi connectivity index (χ1v) is 6.57. The van der Waals surface area contributed by atoms with Crippen molar-refractivity contribution < 1.29 is 9.21 Å². The second-order valence-corrected chi connectivity index (χ2v) is 4.74. The van der Waals surface area contributed by atoms with Crippen LogP contribution < -0.4 is 11.1 Å². The number of aromatic nitrogens is 2. The van der Waals surface area contributed by atoms with Crippen molar-refractivity contribution in [3.63, 3.8) is 0 Å². The molecule has 6 heteroatoms. The van der Waals surface area contributed by atoms with Gasteiger partial charge in [0.15, 0.2) is 0 Å². The molecular weight excluding hydrogens is 256 g/mol. The SMILES string of the molecule is CC(N)CCCC(=O)Nc1ccc(-c2nnco2)cc1. The van der Waals surface area contributed by atoms with Gasteiger partial charge in [0.05, 0.1) is 0 Å². The van der Waals surface area contributed by atoms with Gasteiger partial charge in [0.1, 0.15) is 0 Å². The molecule has 1 atom stereocenters. The summed E-state index contributed by atoms with van der Waals surface area (Å²) in [7, 11) is 0. The molecule has 0 spiro atoms. The molecule has 1 aromatic heterocycles. The highest BCUT2D eigenvalue weighted by Crippen LogP contribution is 2.19. The van der Waals surface area contributed by atoms with E-state index in [1.165, 1.54) is 6.39 Å². The van der Waals surface area contributed by atoms with Crippen LogP contribution in [0.25, 0.3) is 11.5 Å². The Labute approximate surface area is 117 Å². The minimum atomic E-state index is -0.00353. The Balaban J connectivity index is 1.86. The summed E-state index contributed by atoms with van der Waals surface area (Å²) in [6.45, 7) is 1.94. The maximum absolute atomic E-state index is 11.7. The van der Waals surface area contributed by atoms with Gasteiger partial charge in [0.25, 0.3) is 0 Å². The van der Waals surface area contributed by atoms with Gasteiger partial charge >= 0.3 is 0 Å². The number of hydrogen-bond donors (Lipinski definition) is 2. The number of nitrogens with two attached hydrogens (primary N) is 1. The van der Waals surface area contributed by atoms with Gasteiger partial charge in [-0.05, 0) is 44.0 Å². The van der Waals surface area contributed by atoms with Crippen LogP contribution in [0.3, 0.4) is 0 Å². The van der Waals surface area contributed by atoms with Crippen molar-refractivity contribution in [3.8, 4) is 11.5 Å². The summed E-state index contributed by atoms with van der Waals surface area (Å²) < 4.78 is 5.09. The molecule has 20 heavy (non-hydrogen) atoms. The van der Waals surface area contributed by atoms with E-state index < -0.39 is 0 Å². The maximum Gasteiger partial charge on any atom is 0.247 e. The van der Waals surface area contributed by atoms with Gasteiger partial charge in [-0.25, -0.2) is 0 Å².